The van der Waals surface area contributed by atoms with Crippen LogP contribution in [0.5, 0.6) is 0 Å². The molecule has 0 saturated carbocycles. The van der Waals surface area contributed by atoms with Crippen molar-refractivity contribution in [1.29, 1.82) is 0 Å². The highest BCUT2D eigenvalue weighted by Gasteiger charge is 2.30. The lowest BCUT2D eigenvalue weighted by Crippen LogP contribution is -2.05. The maximum absolute atomic E-state index is 12.5. The highest BCUT2D eigenvalue weighted by Crippen LogP contribution is 2.34. The van der Waals surface area contributed by atoms with Gasteiger partial charge >= 0.3 is 6.18 Å². The van der Waals surface area contributed by atoms with Crippen LogP contribution in [0.4, 0.5) is 18.9 Å². The second kappa shape index (κ2) is 5.35. The third-order valence-electron chi connectivity index (χ3n) is 2.69. The van der Waals surface area contributed by atoms with E-state index in [1.807, 2.05) is 6.92 Å². The molecule has 0 spiro atoms. The second-order valence-electron chi connectivity index (χ2n) is 4.10. The lowest BCUT2D eigenvalue weighted by atomic mass is 10.3. The summed E-state index contributed by atoms with van der Waals surface area (Å²) < 4.78 is 39.1. The van der Waals surface area contributed by atoms with E-state index in [9.17, 15) is 13.2 Å². The molecule has 2 aromatic rings. The fraction of sp³-hybridized carbons (Fsp3) is 0.333. The summed E-state index contributed by atoms with van der Waals surface area (Å²) >= 11 is 1.20. The molecule has 20 heavy (non-hydrogen) atoms. The Balaban J connectivity index is 2.27. The molecule has 8 heteroatoms. The van der Waals surface area contributed by atoms with Crippen LogP contribution in [0.2, 0.25) is 0 Å². The molecule has 2 aromatic heterocycles. The number of nitrogens with two attached hydrogens (primary N) is 1. The van der Waals surface area contributed by atoms with Gasteiger partial charge in [-0.05, 0) is 37.7 Å². The molecule has 0 bridgehead atoms. The van der Waals surface area contributed by atoms with Crippen LogP contribution in [-0.4, -0.2) is 14.8 Å². The summed E-state index contributed by atoms with van der Waals surface area (Å²) in [5.41, 5.74) is 6.37. The van der Waals surface area contributed by atoms with E-state index < -0.39 is 11.7 Å². The van der Waals surface area contributed by atoms with Crippen molar-refractivity contribution in [3.05, 3.63) is 29.6 Å². The third-order valence-corrected chi connectivity index (χ3v) is 3.76. The Labute approximate surface area is 118 Å². The molecule has 0 aliphatic rings. The Morgan fingerprint density at radius 3 is 2.55 bits per heavy atom. The van der Waals surface area contributed by atoms with Crippen LogP contribution < -0.4 is 5.73 Å². The Kier molecular flexibility index (Phi) is 3.94. The largest absolute Gasteiger partial charge is 0.417 e. The van der Waals surface area contributed by atoms with E-state index in [0.717, 1.165) is 12.3 Å². The van der Waals surface area contributed by atoms with E-state index in [1.165, 1.54) is 17.8 Å². The first kappa shape index (κ1) is 14.7. The van der Waals surface area contributed by atoms with Crippen molar-refractivity contribution in [3.8, 4) is 0 Å². The smallest absolute Gasteiger partial charge is 0.395 e. The number of pyridine rings is 1. The van der Waals surface area contributed by atoms with Crippen LogP contribution >= 0.6 is 11.8 Å². The topological polar surface area (TPSA) is 56.7 Å². The number of anilines is 1. The minimum absolute atomic E-state index is 0.444. The molecule has 108 valence electrons. The minimum atomic E-state index is -4.38. The van der Waals surface area contributed by atoms with Gasteiger partial charge in [0.2, 0.25) is 0 Å². The predicted octanol–water partition coefficient (Wildman–Crippen LogP) is 3.36. The van der Waals surface area contributed by atoms with Crippen molar-refractivity contribution in [3.63, 3.8) is 0 Å². The molecule has 2 heterocycles. The van der Waals surface area contributed by atoms with Gasteiger partial charge in [-0.25, -0.2) is 4.98 Å². The minimum Gasteiger partial charge on any atom is -0.395 e. The first-order valence-electron chi connectivity index (χ1n) is 5.87. The van der Waals surface area contributed by atoms with Gasteiger partial charge in [0.25, 0.3) is 0 Å². The zero-order valence-electron chi connectivity index (χ0n) is 10.9. The first-order valence-corrected chi connectivity index (χ1v) is 6.68. The Morgan fingerprint density at radius 1 is 1.35 bits per heavy atom. The van der Waals surface area contributed by atoms with E-state index in [2.05, 4.69) is 10.1 Å². The summed E-state index contributed by atoms with van der Waals surface area (Å²) in [6.45, 7) is 4.32. The zero-order valence-corrected chi connectivity index (χ0v) is 11.7. The summed E-state index contributed by atoms with van der Waals surface area (Å²) in [5, 5.41) is 5.38. The summed E-state index contributed by atoms with van der Waals surface area (Å²) in [4.78, 5) is 3.81. The number of alkyl halides is 3. The Morgan fingerprint density at radius 2 is 2.05 bits per heavy atom. The zero-order chi connectivity index (χ0) is 14.9. The summed E-state index contributed by atoms with van der Waals surface area (Å²) in [6, 6.07) is 2.33. The SMILES string of the molecule is CCn1nc(C)c(N)c1Sc1ccc(C(F)(F)F)cn1. The van der Waals surface area contributed by atoms with Gasteiger partial charge in [-0.1, -0.05) is 0 Å². The van der Waals surface area contributed by atoms with Crippen LogP contribution in [0.15, 0.2) is 28.4 Å². The van der Waals surface area contributed by atoms with Crippen molar-refractivity contribution in [2.75, 3.05) is 5.73 Å². The molecule has 0 radical (unpaired) electrons. The maximum atomic E-state index is 12.5. The van der Waals surface area contributed by atoms with Crippen LogP contribution in [0.3, 0.4) is 0 Å². The molecular weight excluding hydrogens is 289 g/mol. The van der Waals surface area contributed by atoms with E-state index in [1.54, 1.807) is 11.6 Å². The molecule has 0 amide bonds. The lowest BCUT2D eigenvalue weighted by Gasteiger charge is -2.07. The molecule has 0 atom stereocenters. The second-order valence-corrected chi connectivity index (χ2v) is 5.11. The van der Waals surface area contributed by atoms with Crippen LogP contribution in [0.1, 0.15) is 18.2 Å². The van der Waals surface area contributed by atoms with Gasteiger partial charge in [0.1, 0.15) is 10.1 Å². The highest BCUT2D eigenvalue weighted by molar-refractivity contribution is 7.99. The molecule has 0 unspecified atom stereocenters. The van der Waals surface area contributed by atoms with E-state index in [-0.39, 0.29) is 0 Å². The van der Waals surface area contributed by atoms with E-state index in [0.29, 0.717) is 28.0 Å². The van der Waals surface area contributed by atoms with Crippen molar-refractivity contribution < 1.29 is 13.2 Å². The van der Waals surface area contributed by atoms with Gasteiger partial charge in [-0.2, -0.15) is 18.3 Å². The highest BCUT2D eigenvalue weighted by atomic mass is 32.2. The van der Waals surface area contributed by atoms with Gasteiger partial charge < -0.3 is 5.73 Å². The van der Waals surface area contributed by atoms with Crippen molar-refractivity contribution in [2.24, 2.45) is 0 Å². The van der Waals surface area contributed by atoms with Gasteiger partial charge in [0.05, 0.1) is 16.9 Å². The molecule has 0 aromatic carbocycles. The summed E-state index contributed by atoms with van der Waals surface area (Å²) in [7, 11) is 0. The number of nitrogens with zero attached hydrogens (tertiary/aromatic N) is 3. The number of hydrogen-bond acceptors (Lipinski definition) is 4. The van der Waals surface area contributed by atoms with Crippen LogP contribution in [0, 0.1) is 6.92 Å². The summed E-state index contributed by atoms with van der Waals surface area (Å²) in [6.07, 6.45) is -3.56. The molecule has 0 saturated heterocycles. The summed E-state index contributed by atoms with van der Waals surface area (Å²) in [5.74, 6) is 0. The van der Waals surface area contributed by atoms with Crippen molar-refractivity contribution in [1.82, 2.24) is 14.8 Å². The standard InChI is InChI=1S/C12H13F3N4S/c1-3-19-11(10(16)7(2)18-19)20-9-5-4-8(6-17-9)12(13,14)15/h4-6H,3,16H2,1-2H3. The number of rotatable bonds is 3. The average molecular weight is 302 g/mol. The Bertz CT molecular complexity index is 604. The molecule has 0 fully saturated rings. The number of halogens is 3. The van der Waals surface area contributed by atoms with Gasteiger partial charge in [0.15, 0.2) is 0 Å². The number of aromatic nitrogens is 3. The molecule has 2 rings (SSSR count). The molecule has 0 aliphatic heterocycles. The fourth-order valence-corrected chi connectivity index (χ4v) is 2.58. The third kappa shape index (κ3) is 2.90. The first-order chi connectivity index (χ1) is 9.32. The van der Waals surface area contributed by atoms with Gasteiger partial charge in [0, 0.05) is 12.7 Å². The van der Waals surface area contributed by atoms with Crippen molar-refractivity contribution >= 4 is 17.4 Å². The Hall–Kier alpha value is -1.70. The number of aryl methyl sites for hydroxylation is 2. The number of nitrogen functional groups attached to an aromatic ring is 1. The van der Waals surface area contributed by atoms with Gasteiger partial charge in [-0.3, -0.25) is 4.68 Å². The van der Waals surface area contributed by atoms with Crippen molar-refractivity contribution in [2.45, 2.75) is 36.6 Å². The normalized spacial score (nSPS) is 11.8. The quantitative estimate of drug-likeness (QED) is 0.944. The molecule has 2 N–H and O–H groups in total. The maximum Gasteiger partial charge on any atom is 0.417 e. The van der Waals surface area contributed by atoms with E-state index in [4.69, 9.17) is 5.73 Å². The lowest BCUT2D eigenvalue weighted by molar-refractivity contribution is -0.137. The fourth-order valence-electron chi connectivity index (χ4n) is 1.60. The van der Waals surface area contributed by atoms with Crippen LogP contribution in [0.25, 0.3) is 0 Å². The monoisotopic (exact) mass is 302 g/mol. The average Bonchev–Trinajstić information content (AvgIpc) is 2.66. The van der Waals surface area contributed by atoms with Gasteiger partial charge in [-0.15, -0.1) is 0 Å². The van der Waals surface area contributed by atoms with E-state index >= 15 is 0 Å². The van der Waals surface area contributed by atoms with Crippen LogP contribution in [-0.2, 0) is 12.7 Å². The molecule has 4 nitrogen and oxygen atoms in total. The predicted molar refractivity (Wildman–Crippen MR) is 70.4 cm³/mol. The molecular formula is C12H13F3N4S. The molecule has 0 aliphatic carbocycles. The number of hydrogen-bond donors (Lipinski definition) is 1.